The fourth-order valence-corrected chi connectivity index (χ4v) is 3.17. The summed E-state index contributed by atoms with van der Waals surface area (Å²) in [5, 5.41) is 35.2. The smallest absolute Gasteiger partial charge is 0.352 e. The van der Waals surface area contributed by atoms with Crippen molar-refractivity contribution >= 4 is 17.5 Å². The van der Waals surface area contributed by atoms with Crippen LogP contribution in [0.25, 0.3) is 5.69 Å². The largest absolute Gasteiger partial charge is 0.394 e. The molecule has 0 spiro atoms. The molecule has 29 heavy (non-hydrogen) atoms. The van der Waals surface area contributed by atoms with Crippen molar-refractivity contribution in [1.82, 2.24) is 19.7 Å². The highest BCUT2D eigenvalue weighted by atomic mass is 35.5. The number of amides is 1. The maximum absolute atomic E-state index is 12.6. The molecule has 11 heteroatoms. The Kier molecular flexibility index (Phi) is 6.18. The molecule has 1 aromatic heterocycles. The van der Waals surface area contributed by atoms with E-state index in [2.05, 4.69) is 10.4 Å². The minimum atomic E-state index is -1.29. The second-order valence-corrected chi connectivity index (χ2v) is 7.46. The Morgan fingerprint density at radius 3 is 2.69 bits per heavy atom. The minimum absolute atomic E-state index is 0.0777. The molecule has 0 bridgehead atoms. The van der Waals surface area contributed by atoms with E-state index in [1.807, 2.05) is 0 Å². The second-order valence-electron chi connectivity index (χ2n) is 7.05. The van der Waals surface area contributed by atoms with E-state index >= 15 is 0 Å². The minimum Gasteiger partial charge on any atom is -0.394 e. The molecule has 1 saturated carbocycles. The van der Waals surface area contributed by atoms with Gasteiger partial charge in [0.25, 0.3) is 11.5 Å². The summed E-state index contributed by atoms with van der Waals surface area (Å²) in [7, 11) is 0. The summed E-state index contributed by atoms with van der Waals surface area (Å²) in [6.07, 6.45) is 1.73. The van der Waals surface area contributed by atoms with Gasteiger partial charge in [-0.15, -0.1) is 0 Å². The summed E-state index contributed by atoms with van der Waals surface area (Å²) in [4.78, 5) is 37.0. The van der Waals surface area contributed by atoms with Gasteiger partial charge >= 0.3 is 5.69 Å². The van der Waals surface area contributed by atoms with E-state index in [0.29, 0.717) is 12.8 Å². The maximum atomic E-state index is 12.6. The molecular formula is C18H21ClN4O6. The molecule has 1 amide bonds. The molecule has 10 nitrogen and oxygen atoms in total. The molecule has 3 rings (SSSR count). The molecule has 0 saturated heterocycles. The standard InChI is InChI=1S/C18H21ClN4O6/c19-14-3-2-11(6-13(14)16(27)20-10-18(29)4-1-5-18)23-17(28)22(8-12(25)9-24)15(26)7-21-23/h2-3,6-7,12,24-25,29H,1,4-5,8-10H2,(H,20,27). The van der Waals surface area contributed by atoms with Gasteiger partial charge in [-0.25, -0.2) is 4.79 Å². The van der Waals surface area contributed by atoms with Crippen molar-refractivity contribution in [1.29, 1.82) is 0 Å². The third-order valence-electron chi connectivity index (χ3n) is 4.87. The van der Waals surface area contributed by atoms with Crippen LogP contribution in [-0.2, 0) is 6.54 Å². The first-order valence-corrected chi connectivity index (χ1v) is 9.40. The quantitative estimate of drug-likeness (QED) is 0.448. The number of aliphatic hydroxyl groups is 3. The fraction of sp³-hybridized carbons (Fsp3) is 0.444. The van der Waals surface area contributed by atoms with Gasteiger partial charge in [-0.2, -0.15) is 9.78 Å². The molecule has 1 heterocycles. The van der Waals surface area contributed by atoms with Crippen LogP contribution in [0, 0.1) is 0 Å². The van der Waals surface area contributed by atoms with E-state index in [0.717, 1.165) is 21.9 Å². The van der Waals surface area contributed by atoms with Crippen molar-refractivity contribution < 1.29 is 20.1 Å². The van der Waals surface area contributed by atoms with Crippen LogP contribution in [-0.4, -0.2) is 60.4 Å². The van der Waals surface area contributed by atoms with Crippen molar-refractivity contribution in [2.75, 3.05) is 13.2 Å². The highest BCUT2D eigenvalue weighted by Gasteiger charge is 2.34. The van der Waals surface area contributed by atoms with Crippen LogP contribution in [0.4, 0.5) is 0 Å². The van der Waals surface area contributed by atoms with Crippen molar-refractivity contribution in [3.8, 4) is 5.69 Å². The van der Waals surface area contributed by atoms with Crippen molar-refractivity contribution in [2.45, 2.75) is 37.5 Å². The van der Waals surface area contributed by atoms with Crippen LogP contribution < -0.4 is 16.6 Å². The number of nitrogens with one attached hydrogen (secondary N) is 1. The predicted molar refractivity (Wildman–Crippen MR) is 103 cm³/mol. The second kappa shape index (κ2) is 8.46. The van der Waals surface area contributed by atoms with E-state index < -0.39 is 42.0 Å². The van der Waals surface area contributed by atoms with Gasteiger partial charge in [0.15, 0.2) is 0 Å². The summed E-state index contributed by atoms with van der Waals surface area (Å²) < 4.78 is 1.62. The lowest BCUT2D eigenvalue weighted by Crippen LogP contribution is -2.47. The molecule has 1 unspecified atom stereocenters. The zero-order valence-corrected chi connectivity index (χ0v) is 16.2. The average Bonchev–Trinajstić information content (AvgIpc) is 2.68. The van der Waals surface area contributed by atoms with Crippen molar-refractivity contribution in [3.63, 3.8) is 0 Å². The van der Waals surface area contributed by atoms with Crippen LogP contribution in [0.15, 0.2) is 34.0 Å². The SMILES string of the molecule is O=C(NCC1(O)CCC1)c1cc(-n2ncc(=O)n(CC(O)CO)c2=O)ccc1Cl. The Labute approximate surface area is 170 Å². The predicted octanol–water partition coefficient (Wildman–Crippen LogP) is -0.954. The number of aliphatic hydroxyl groups excluding tert-OH is 2. The number of carbonyl (C=O) groups excluding carboxylic acids is 1. The van der Waals surface area contributed by atoms with E-state index in [9.17, 15) is 24.6 Å². The molecule has 0 aliphatic heterocycles. The maximum Gasteiger partial charge on any atom is 0.352 e. The van der Waals surface area contributed by atoms with Crippen LogP contribution >= 0.6 is 11.6 Å². The van der Waals surface area contributed by atoms with Crippen LogP contribution in [0.2, 0.25) is 5.02 Å². The summed E-state index contributed by atoms with van der Waals surface area (Å²) in [5.74, 6) is -0.519. The third kappa shape index (κ3) is 4.56. The number of hydrogen-bond donors (Lipinski definition) is 4. The summed E-state index contributed by atoms with van der Waals surface area (Å²) >= 11 is 6.11. The first-order chi connectivity index (χ1) is 13.7. The van der Waals surface area contributed by atoms with Gasteiger partial charge in [0.05, 0.1) is 41.1 Å². The average molecular weight is 425 g/mol. The first kappa shape index (κ1) is 21.2. The summed E-state index contributed by atoms with van der Waals surface area (Å²) in [5.41, 5.74) is -2.23. The summed E-state index contributed by atoms with van der Waals surface area (Å²) in [6, 6.07) is 4.20. The Balaban J connectivity index is 1.91. The number of rotatable bonds is 7. The number of hydrogen-bond acceptors (Lipinski definition) is 7. The third-order valence-corrected chi connectivity index (χ3v) is 5.20. The normalized spacial score (nSPS) is 16.1. The Morgan fingerprint density at radius 2 is 2.07 bits per heavy atom. The number of nitrogens with zero attached hydrogens (tertiary/aromatic N) is 3. The van der Waals surface area contributed by atoms with Crippen molar-refractivity contribution in [2.24, 2.45) is 0 Å². The van der Waals surface area contributed by atoms with E-state index in [1.165, 1.54) is 18.2 Å². The van der Waals surface area contributed by atoms with Gasteiger partial charge in [0.2, 0.25) is 0 Å². The number of aromatic nitrogens is 3. The van der Waals surface area contributed by atoms with Crippen LogP contribution in [0.1, 0.15) is 29.6 Å². The highest BCUT2D eigenvalue weighted by Crippen LogP contribution is 2.30. The van der Waals surface area contributed by atoms with Gasteiger partial charge in [-0.05, 0) is 37.5 Å². The van der Waals surface area contributed by atoms with Crippen LogP contribution in [0.3, 0.4) is 0 Å². The molecule has 2 aromatic rings. The molecule has 1 aliphatic carbocycles. The lowest BCUT2D eigenvalue weighted by atomic mass is 9.80. The van der Waals surface area contributed by atoms with Gasteiger partial charge in [-0.1, -0.05) is 11.6 Å². The van der Waals surface area contributed by atoms with Crippen LogP contribution in [0.5, 0.6) is 0 Å². The Bertz CT molecular complexity index is 1030. The molecule has 1 atom stereocenters. The monoisotopic (exact) mass is 424 g/mol. The molecule has 1 aliphatic rings. The number of benzene rings is 1. The van der Waals surface area contributed by atoms with Gasteiger partial charge in [0.1, 0.15) is 6.20 Å². The van der Waals surface area contributed by atoms with E-state index in [4.69, 9.17) is 16.7 Å². The Morgan fingerprint density at radius 1 is 1.34 bits per heavy atom. The molecule has 1 fully saturated rings. The molecule has 1 aromatic carbocycles. The van der Waals surface area contributed by atoms with Gasteiger partial charge in [-0.3, -0.25) is 14.2 Å². The topological polar surface area (TPSA) is 147 Å². The molecular weight excluding hydrogens is 404 g/mol. The van der Waals surface area contributed by atoms with Gasteiger partial charge in [0, 0.05) is 6.54 Å². The van der Waals surface area contributed by atoms with Gasteiger partial charge < -0.3 is 20.6 Å². The van der Waals surface area contributed by atoms with E-state index in [1.54, 1.807) is 0 Å². The number of halogens is 1. The summed E-state index contributed by atoms with van der Waals surface area (Å²) in [6.45, 7) is -0.934. The van der Waals surface area contributed by atoms with E-state index in [-0.39, 0.29) is 22.8 Å². The zero-order chi connectivity index (χ0) is 21.2. The molecule has 4 N–H and O–H groups in total. The highest BCUT2D eigenvalue weighted by molar-refractivity contribution is 6.33. The first-order valence-electron chi connectivity index (χ1n) is 9.03. The fourth-order valence-electron chi connectivity index (χ4n) is 2.97. The Hall–Kier alpha value is -2.53. The molecule has 0 radical (unpaired) electrons. The zero-order valence-electron chi connectivity index (χ0n) is 15.4. The number of carbonyl (C=O) groups is 1. The molecule has 156 valence electrons. The lowest BCUT2D eigenvalue weighted by molar-refractivity contribution is -0.0300. The lowest BCUT2D eigenvalue weighted by Gasteiger charge is -2.36. The van der Waals surface area contributed by atoms with Crippen molar-refractivity contribution in [3.05, 3.63) is 55.8 Å².